The van der Waals surface area contributed by atoms with E-state index >= 15 is 0 Å². The molecule has 0 bridgehead atoms. The highest BCUT2D eigenvalue weighted by molar-refractivity contribution is 6.32. The Labute approximate surface area is 111 Å². The van der Waals surface area contributed by atoms with Gasteiger partial charge < -0.3 is 5.73 Å². The summed E-state index contributed by atoms with van der Waals surface area (Å²) in [5.41, 5.74) is 7.72. The number of nitrogen functional groups attached to an aromatic ring is 1. The lowest BCUT2D eigenvalue weighted by Gasteiger charge is -2.09. The van der Waals surface area contributed by atoms with Crippen LogP contribution < -0.4 is 11.2 Å². The molecule has 0 saturated heterocycles. The maximum Gasteiger partial charge on any atom is 0.160 e. The maximum absolute atomic E-state index is 5.79. The molecule has 19 heavy (non-hydrogen) atoms. The second kappa shape index (κ2) is 4.35. The SMILES string of the molecule is [B]c1ccc2nnc(C(C)c3ccc(N)nn3)n2c1. The van der Waals surface area contributed by atoms with Gasteiger partial charge in [0.25, 0.3) is 0 Å². The van der Waals surface area contributed by atoms with Crippen molar-refractivity contribution in [1.82, 2.24) is 24.8 Å². The normalized spacial score (nSPS) is 12.7. The fourth-order valence-corrected chi connectivity index (χ4v) is 1.94. The Kier molecular flexibility index (Phi) is 2.66. The number of hydrogen-bond acceptors (Lipinski definition) is 5. The first kappa shape index (κ1) is 11.6. The first-order valence-electron chi connectivity index (χ1n) is 5.84. The van der Waals surface area contributed by atoms with Crippen molar-refractivity contribution in [3.63, 3.8) is 0 Å². The quantitative estimate of drug-likeness (QED) is 0.649. The van der Waals surface area contributed by atoms with Crippen LogP contribution in [0.15, 0.2) is 30.5 Å². The van der Waals surface area contributed by atoms with Crippen LogP contribution in [0.1, 0.15) is 24.4 Å². The number of nitrogens with two attached hydrogens (primary N) is 1. The molecule has 0 saturated carbocycles. The summed E-state index contributed by atoms with van der Waals surface area (Å²) in [6.07, 6.45) is 1.80. The zero-order valence-electron chi connectivity index (χ0n) is 10.4. The summed E-state index contributed by atoms with van der Waals surface area (Å²) >= 11 is 0. The average molecular weight is 250 g/mol. The van der Waals surface area contributed by atoms with Crippen LogP contribution in [-0.2, 0) is 0 Å². The topological polar surface area (TPSA) is 82.0 Å². The first-order chi connectivity index (χ1) is 9.15. The van der Waals surface area contributed by atoms with Crippen molar-refractivity contribution in [2.24, 2.45) is 0 Å². The van der Waals surface area contributed by atoms with Gasteiger partial charge in [-0.05, 0) is 25.1 Å². The zero-order valence-corrected chi connectivity index (χ0v) is 10.4. The van der Waals surface area contributed by atoms with E-state index in [-0.39, 0.29) is 5.92 Å². The number of rotatable bonds is 2. The van der Waals surface area contributed by atoms with Gasteiger partial charge in [-0.15, -0.1) is 15.3 Å². The second-order valence-electron chi connectivity index (χ2n) is 4.35. The molecule has 3 heterocycles. The van der Waals surface area contributed by atoms with Gasteiger partial charge in [0.05, 0.1) is 11.6 Å². The number of aromatic nitrogens is 5. The molecule has 1 atom stereocenters. The van der Waals surface area contributed by atoms with Crippen LogP contribution in [-0.4, -0.2) is 32.6 Å². The van der Waals surface area contributed by atoms with Gasteiger partial charge in [-0.1, -0.05) is 11.5 Å². The molecular formula is C12H11BN6. The van der Waals surface area contributed by atoms with Crippen LogP contribution in [0.5, 0.6) is 0 Å². The van der Waals surface area contributed by atoms with Crippen molar-refractivity contribution >= 4 is 24.8 Å². The highest BCUT2D eigenvalue weighted by Crippen LogP contribution is 2.20. The van der Waals surface area contributed by atoms with Crippen molar-refractivity contribution in [3.8, 4) is 0 Å². The van der Waals surface area contributed by atoms with E-state index in [1.807, 2.05) is 23.5 Å². The fraction of sp³-hybridized carbons (Fsp3) is 0.167. The van der Waals surface area contributed by atoms with Crippen LogP contribution >= 0.6 is 0 Å². The van der Waals surface area contributed by atoms with Crippen molar-refractivity contribution < 1.29 is 0 Å². The molecule has 0 spiro atoms. The van der Waals surface area contributed by atoms with Gasteiger partial charge in [0, 0.05) is 6.20 Å². The molecule has 0 amide bonds. The molecule has 92 valence electrons. The third-order valence-electron chi connectivity index (χ3n) is 2.99. The van der Waals surface area contributed by atoms with Gasteiger partial charge in [-0.3, -0.25) is 4.40 Å². The van der Waals surface area contributed by atoms with Gasteiger partial charge in [-0.25, -0.2) is 0 Å². The largest absolute Gasteiger partial charge is 0.382 e. The Morgan fingerprint density at radius 3 is 2.68 bits per heavy atom. The third-order valence-corrected chi connectivity index (χ3v) is 2.99. The average Bonchev–Trinajstić information content (AvgIpc) is 2.81. The Hall–Kier alpha value is -2.44. The van der Waals surface area contributed by atoms with Crippen LogP contribution in [0.2, 0.25) is 0 Å². The molecule has 2 N–H and O–H groups in total. The molecule has 3 aromatic rings. The molecule has 0 aliphatic carbocycles. The monoisotopic (exact) mass is 250 g/mol. The van der Waals surface area contributed by atoms with E-state index in [4.69, 9.17) is 13.6 Å². The summed E-state index contributed by atoms with van der Waals surface area (Å²) in [7, 11) is 5.79. The van der Waals surface area contributed by atoms with E-state index in [0.717, 1.165) is 17.2 Å². The molecule has 2 radical (unpaired) electrons. The van der Waals surface area contributed by atoms with E-state index in [9.17, 15) is 0 Å². The fourth-order valence-electron chi connectivity index (χ4n) is 1.94. The van der Waals surface area contributed by atoms with E-state index in [1.54, 1.807) is 18.3 Å². The molecular weight excluding hydrogens is 239 g/mol. The molecule has 0 aliphatic heterocycles. The van der Waals surface area contributed by atoms with Gasteiger partial charge in [0.15, 0.2) is 5.65 Å². The summed E-state index contributed by atoms with van der Waals surface area (Å²) in [6, 6.07) is 7.17. The number of pyridine rings is 1. The summed E-state index contributed by atoms with van der Waals surface area (Å²) in [5.74, 6) is 1.11. The van der Waals surface area contributed by atoms with Gasteiger partial charge >= 0.3 is 0 Å². The molecule has 6 nitrogen and oxygen atoms in total. The molecule has 0 aliphatic rings. The lowest BCUT2D eigenvalue weighted by Crippen LogP contribution is -2.10. The Balaban J connectivity index is 2.08. The minimum absolute atomic E-state index is 0.0510. The van der Waals surface area contributed by atoms with Gasteiger partial charge in [0.1, 0.15) is 19.5 Å². The van der Waals surface area contributed by atoms with E-state index in [1.165, 1.54) is 0 Å². The Morgan fingerprint density at radius 1 is 1.11 bits per heavy atom. The summed E-state index contributed by atoms with van der Waals surface area (Å²) in [6.45, 7) is 1.99. The predicted octanol–water partition coefficient (Wildman–Crippen LogP) is 0.0471. The number of nitrogens with zero attached hydrogens (tertiary/aromatic N) is 5. The maximum atomic E-state index is 5.79. The van der Waals surface area contributed by atoms with Crippen LogP contribution in [0, 0.1) is 0 Å². The van der Waals surface area contributed by atoms with Gasteiger partial charge in [0.2, 0.25) is 0 Å². The summed E-state index contributed by atoms with van der Waals surface area (Å²) in [4.78, 5) is 0. The highest BCUT2D eigenvalue weighted by atomic mass is 15.3. The van der Waals surface area contributed by atoms with Crippen LogP contribution in [0.25, 0.3) is 5.65 Å². The standard InChI is InChI=1S/C12H11BN6/c1-7(9-3-4-10(14)16-15-9)12-18-17-11-5-2-8(13)6-19(11)12/h2-7H,1H3,(H2,14,16). The van der Waals surface area contributed by atoms with Crippen molar-refractivity contribution in [2.75, 3.05) is 5.73 Å². The zero-order chi connectivity index (χ0) is 13.4. The number of hydrogen-bond donors (Lipinski definition) is 1. The highest BCUT2D eigenvalue weighted by Gasteiger charge is 2.17. The van der Waals surface area contributed by atoms with Crippen molar-refractivity contribution in [2.45, 2.75) is 12.8 Å². The Bertz CT molecular complexity index is 721. The van der Waals surface area contributed by atoms with Gasteiger partial charge in [-0.2, -0.15) is 5.10 Å². The Morgan fingerprint density at radius 2 is 1.95 bits per heavy atom. The third kappa shape index (κ3) is 2.03. The van der Waals surface area contributed by atoms with E-state index in [0.29, 0.717) is 11.3 Å². The summed E-state index contributed by atoms with van der Waals surface area (Å²) in [5, 5.41) is 16.2. The second-order valence-corrected chi connectivity index (χ2v) is 4.35. The molecule has 1 unspecified atom stereocenters. The van der Waals surface area contributed by atoms with Crippen molar-refractivity contribution in [3.05, 3.63) is 42.0 Å². The van der Waals surface area contributed by atoms with Crippen LogP contribution in [0.3, 0.4) is 0 Å². The number of fused-ring (bicyclic) bond motifs is 1. The lowest BCUT2D eigenvalue weighted by molar-refractivity contribution is 0.752. The molecule has 3 rings (SSSR count). The lowest BCUT2D eigenvalue weighted by atomic mass is 9.99. The molecule has 3 aromatic heterocycles. The minimum atomic E-state index is -0.0510. The van der Waals surface area contributed by atoms with Crippen molar-refractivity contribution in [1.29, 1.82) is 0 Å². The molecule has 7 heteroatoms. The minimum Gasteiger partial charge on any atom is -0.382 e. The smallest absolute Gasteiger partial charge is 0.160 e. The molecule has 0 fully saturated rings. The first-order valence-corrected chi connectivity index (χ1v) is 5.84. The molecule has 0 aromatic carbocycles. The summed E-state index contributed by atoms with van der Waals surface area (Å²) < 4.78 is 1.86. The van der Waals surface area contributed by atoms with Crippen LogP contribution in [0.4, 0.5) is 5.82 Å². The van der Waals surface area contributed by atoms with E-state index < -0.39 is 0 Å². The predicted molar refractivity (Wildman–Crippen MR) is 72.3 cm³/mol. The number of anilines is 1. The van der Waals surface area contributed by atoms with E-state index in [2.05, 4.69) is 20.4 Å².